The van der Waals surface area contributed by atoms with Crippen molar-refractivity contribution in [2.24, 2.45) is 17.2 Å². The SMILES string of the molecule is CC(N)CCCCN.NCCCC(O)(P(=O)(O)O)P(=O)(O)O. The van der Waals surface area contributed by atoms with Crippen molar-refractivity contribution in [1.82, 2.24) is 0 Å². The molecule has 0 fully saturated rings. The summed E-state index contributed by atoms with van der Waals surface area (Å²) in [6, 6.07) is 0.349. The lowest BCUT2D eigenvalue weighted by molar-refractivity contribution is 0.121. The fraction of sp³-hybridized carbons (Fsp3) is 1.00. The van der Waals surface area contributed by atoms with E-state index in [2.05, 4.69) is 0 Å². The van der Waals surface area contributed by atoms with Crippen molar-refractivity contribution in [1.29, 1.82) is 0 Å². The summed E-state index contributed by atoms with van der Waals surface area (Å²) < 4.78 is 21.4. The van der Waals surface area contributed by atoms with Crippen LogP contribution in [0.15, 0.2) is 0 Å². The largest absolute Gasteiger partial charge is 0.369 e. The summed E-state index contributed by atoms with van der Waals surface area (Å²) in [7, 11) is -10.6. The predicted molar refractivity (Wildman–Crippen MR) is 83.9 cm³/mol. The van der Waals surface area contributed by atoms with Gasteiger partial charge >= 0.3 is 15.2 Å². The van der Waals surface area contributed by atoms with Crippen LogP contribution in [0.2, 0.25) is 0 Å². The van der Waals surface area contributed by atoms with Gasteiger partial charge in [0.2, 0.25) is 0 Å². The molecule has 0 radical (unpaired) electrons. The molecule has 136 valence electrons. The molecule has 11 N–H and O–H groups in total. The van der Waals surface area contributed by atoms with Crippen LogP contribution in [0.3, 0.4) is 0 Å². The maximum atomic E-state index is 10.7. The average Bonchev–Trinajstić information content (AvgIpc) is 2.34. The summed E-state index contributed by atoms with van der Waals surface area (Å²) in [5, 5.41) is 5.91. The molecule has 0 aromatic carbocycles. The first-order valence-electron chi connectivity index (χ1n) is 6.82. The van der Waals surface area contributed by atoms with Crippen molar-refractivity contribution in [3.63, 3.8) is 0 Å². The van der Waals surface area contributed by atoms with E-state index in [-0.39, 0.29) is 13.0 Å². The quantitative estimate of drug-likeness (QED) is 0.188. The molecule has 1 atom stereocenters. The molecule has 0 heterocycles. The minimum Gasteiger partial charge on any atom is -0.368 e. The van der Waals surface area contributed by atoms with Gasteiger partial charge in [0, 0.05) is 12.5 Å². The van der Waals surface area contributed by atoms with Gasteiger partial charge in [-0.25, -0.2) is 0 Å². The maximum Gasteiger partial charge on any atom is 0.369 e. The van der Waals surface area contributed by atoms with Gasteiger partial charge in [0.15, 0.2) is 0 Å². The van der Waals surface area contributed by atoms with Crippen LogP contribution in [0.4, 0.5) is 0 Å². The van der Waals surface area contributed by atoms with Gasteiger partial charge in [0.1, 0.15) is 0 Å². The van der Waals surface area contributed by atoms with Gasteiger partial charge in [-0.05, 0) is 39.3 Å². The standard InChI is InChI=1S/C6H16N2.C4H13NO7P2/c1-6(8)4-2-3-5-7;5-3-1-2-4(6,13(7,8)9)14(10,11)12/h6H,2-5,7-8H2,1H3;6H,1-3,5H2,(H2,7,8,9)(H2,10,11,12). The zero-order chi connectivity index (χ0) is 18.0. The Kier molecular flexibility index (Phi) is 12.0. The smallest absolute Gasteiger partial charge is 0.368 e. The van der Waals surface area contributed by atoms with E-state index < -0.39 is 26.7 Å². The lowest BCUT2D eigenvalue weighted by atomic mass is 10.1. The third kappa shape index (κ3) is 9.32. The van der Waals surface area contributed by atoms with Crippen molar-refractivity contribution in [3.05, 3.63) is 0 Å². The van der Waals surface area contributed by atoms with Gasteiger partial charge in [-0.1, -0.05) is 6.42 Å². The van der Waals surface area contributed by atoms with E-state index in [4.69, 9.17) is 36.8 Å². The van der Waals surface area contributed by atoms with Gasteiger partial charge < -0.3 is 41.9 Å². The van der Waals surface area contributed by atoms with Crippen molar-refractivity contribution < 1.29 is 33.8 Å². The van der Waals surface area contributed by atoms with Crippen LogP contribution in [-0.4, -0.2) is 48.9 Å². The summed E-state index contributed by atoms with van der Waals surface area (Å²) in [4.78, 5) is 34.5. The van der Waals surface area contributed by atoms with E-state index in [9.17, 15) is 14.2 Å². The van der Waals surface area contributed by atoms with Crippen LogP contribution in [0, 0.1) is 0 Å². The molecule has 1 unspecified atom stereocenters. The number of aliphatic hydroxyl groups is 1. The lowest BCUT2D eigenvalue weighted by Crippen LogP contribution is -2.29. The fourth-order valence-corrected chi connectivity index (χ4v) is 3.67. The Hall–Kier alpha value is 0.140. The molecule has 0 aromatic heterocycles. The van der Waals surface area contributed by atoms with Crippen molar-refractivity contribution in [2.75, 3.05) is 13.1 Å². The molecule has 0 bridgehead atoms. The number of nitrogens with two attached hydrogens (primary N) is 3. The summed E-state index contributed by atoms with van der Waals surface area (Å²) in [6.45, 7) is 2.78. The van der Waals surface area contributed by atoms with Gasteiger partial charge in [0.05, 0.1) is 0 Å². The Morgan fingerprint density at radius 1 is 0.955 bits per heavy atom. The highest BCUT2D eigenvalue weighted by molar-refractivity contribution is 7.72. The van der Waals surface area contributed by atoms with Crippen LogP contribution in [0.1, 0.15) is 39.0 Å². The molecule has 0 aliphatic heterocycles. The number of hydrogen-bond acceptors (Lipinski definition) is 6. The molecular formula is C10H29N3O7P2. The van der Waals surface area contributed by atoms with Crippen LogP contribution < -0.4 is 17.2 Å². The second-order valence-corrected chi connectivity index (χ2v) is 9.02. The third-order valence-electron chi connectivity index (χ3n) is 2.76. The van der Waals surface area contributed by atoms with Gasteiger partial charge in [-0.2, -0.15) is 0 Å². The van der Waals surface area contributed by atoms with Gasteiger partial charge in [-0.15, -0.1) is 0 Å². The van der Waals surface area contributed by atoms with Crippen molar-refractivity contribution >= 4 is 15.2 Å². The second kappa shape index (κ2) is 10.8. The normalized spacial score (nSPS) is 14.2. The highest BCUT2D eigenvalue weighted by atomic mass is 31.2. The van der Waals surface area contributed by atoms with Crippen LogP contribution in [0.25, 0.3) is 0 Å². The topological polar surface area (TPSA) is 213 Å². The summed E-state index contributed by atoms with van der Waals surface area (Å²) in [5.74, 6) is 0. The highest BCUT2D eigenvalue weighted by Gasteiger charge is 2.58. The summed E-state index contributed by atoms with van der Waals surface area (Å²) >= 11 is 0. The predicted octanol–water partition coefficient (Wildman–Crippen LogP) is -0.811. The number of hydrogen-bond donors (Lipinski definition) is 8. The first-order valence-corrected chi connectivity index (χ1v) is 10.0. The molecule has 22 heavy (non-hydrogen) atoms. The van der Waals surface area contributed by atoms with E-state index in [0.717, 1.165) is 19.4 Å². The molecule has 0 rings (SSSR count). The fourth-order valence-electron chi connectivity index (χ4n) is 1.41. The molecule has 10 nitrogen and oxygen atoms in total. The van der Waals surface area contributed by atoms with Crippen molar-refractivity contribution in [2.45, 2.75) is 50.2 Å². The Labute approximate surface area is 130 Å². The van der Waals surface area contributed by atoms with Gasteiger partial charge in [-0.3, -0.25) is 9.13 Å². The summed E-state index contributed by atoms with van der Waals surface area (Å²) in [6.07, 6.45) is 2.54. The second-order valence-electron chi connectivity index (χ2n) is 5.02. The number of unbranched alkanes of at least 4 members (excludes halogenated alkanes) is 1. The first kappa shape index (κ1) is 24.4. The average molecular weight is 365 g/mol. The first-order chi connectivity index (χ1) is 9.83. The van der Waals surface area contributed by atoms with E-state index in [1.165, 1.54) is 6.42 Å². The van der Waals surface area contributed by atoms with E-state index in [0.29, 0.717) is 6.04 Å². The zero-order valence-corrected chi connectivity index (χ0v) is 14.5. The van der Waals surface area contributed by atoms with Crippen LogP contribution in [0.5, 0.6) is 0 Å². The van der Waals surface area contributed by atoms with E-state index >= 15 is 0 Å². The van der Waals surface area contributed by atoms with Crippen LogP contribution in [-0.2, 0) is 9.13 Å². The van der Waals surface area contributed by atoms with Crippen LogP contribution >= 0.6 is 15.2 Å². The molecular weight excluding hydrogens is 336 g/mol. The Bertz CT molecular complexity index is 361. The minimum absolute atomic E-state index is 0.0394. The molecule has 0 aliphatic carbocycles. The highest BCUT2D eigenvalue weighted by Crippen LogP contribution is 2.69. The Balaban J connectivity index is 0. The molecule has 0 amide bonds. The molecule has 0 aliphatic rings. The maximum absolute atomic E-state index is 10.7. The lowest BCUT2D eigenvalue weighted by Gasteiger charge is -2.28. The molecule has 0 saturated carbocycles. The molecule has 12 heteroatoms. The monoisotopic (exact) mass is 365 g/mol. The zero-order valence-electron chi connectivity index (χ0n) is 12.7. The molecule has 0 spiro atoms. The number of rotatable bonds is 9. The van der Waals surface area contributed by atoms with E-state index in [1.807, 2.05) is 6.92 Å². The summed E-state index contributed by atoms with van der Waals surface area (Å²) in [5.41, 5.74) is 15.8. The third-order valence-corrected chi connectivity index (χ3v) is 6.64. The minimum atomic E-state index is -5.30. The van der Waals surface area contributed by atoms with E-state index in [1.54, 1.807) is 0 Å². The van der Waals surface area contributed by atoms with Crippen molar-refractivity contribution in [3.8, 4) is 0 Å². The van der Waals surface area contributed by atoms with Gasteiger partial charge in [0.25, 0.3) is 5.08 Å². The Morgan fingerprint density at radius 3 is 1.64 bits per heavy atom. The molecule has 0 saturated heterocycles. The molecule has 0 aromatic rings. The Morgan fingerprint density at radius 2 is 1.36 bits per heavy atom.